The molecule has 0 N–H and O–H groups in total. The van der Waals surface area contributed by atoms with E-state index in [1.807, 2.05) is 13.2 Å². The number of hydrogen-bond acceptors (Lipinski definition) is 4. The number of thiazole rings is 1. The van der Waals surface area contributed by atoms with Crippen molar-refractivity contribution in [3.8, 4) is 0 Å². The number of hydrogen-bond donors (Lipinski definition) is 0. The molecule has 96 valence electrons. The monoisotopic (exact) mass is 262 g/mol. The molecule has 1 aromatic heterocycles. The van der Waals surface area contributed by atoms with E-state index in [-0.39, 0.29) is 0 Å². The number of ether oxygens (including phenoxy) is 1. The number of aromatic nitrogens is 1. The molecule has 2 aromatic rings. The third-order valence-corrected chi connectivity index (χ3v) is 4.84. The highest BCUT2D eigenvalue weighted by Gasteiger charge is 2.27. The van der Waals surface area contributed by atoms with Crippen LogP contribution in [0.2, 0.25) is 0 Å². The Morgan fingerprint density at radius 2 is 2.22 bits per heavy atom. The SMILES string of the molecule is COC1CN(c2nc3ccccc3s2)CCC1C. The average Bonchev–Trinajstić information content (AvgIpc) is 2.83. The van der Waals surface area contributed by atoms with Crippen molar-refractivity contribution in [1.82, 2.24) is 4.98 Å². The summed E-state index contributed by atoms with van der Waals surface area (Å²) < 4.78 is 6.83. The van der Waals surface area contributed by atoms with Crippen molar-refractivity contribution >= 4 is 26.7 Å². The molecule has 0 bridgehead atoms. The van der Waals surface area contributed by atoms with Gasteiger partial charge in [0.1, 0.15) is 0 Å². The van der Waals surface area contributed by atoms with E-state index >= 15 is 0 Å². The number of nitrogens with zero attached hydrogens (tertiary/aromatic N) is 2. The van der Waals surface area contributed by atoms with E-state index in [0.29, 0.717) is 12.0 Å². The molecule has 1 aliphatic heterocycles. The molecule has 1 saturated heterocycles. The van der Waals surface area contributed by atoms with Crippen LogP contribution >= 0.6 is 11.3 Å². The Balaban J connectivity index is 1.86. The lowest BCUT2D eigenvalue weighted by molar-refractivity contribution is 0.0498. The average molecular weight is 262 g/mol. The van der Waals surface area contributed by atoms with Crippen LogP contribution in [0.4, 0.5) is 5.13 Å². The Labute approximate surface area is 111 Å². The molecule has 0 radical (unpaired) electrons. The molecule has 2 unspecified atom stereocenters. The van der Waals surface area contributed by atoms with Crippen LogP contribution in [-0.4, -0.2) is 31.3 Å². The van der Waals surface area contributed by atoms with E-state index in [9.17, 15) is 0 Å². The summed E-state index contributed by atoms with van der Waals surface area (Å²) in [6.07, 6.45) is 1.50. The summed E-state index contributed by atoms with van der Waals surface area (Å²) in [6, 6.07) is 8.33. The van der Waals surface area contributed by atoms with Crippen molar-refractivity contribution in [2.45, 2.75) is 19.4 Å². The van der Waals surface area contributed by atoms with E-state index in [1.165, 1.54) is 11.1 Å². The number of benzene rings is 1. The van der Waals surface area contributed by atoms with Crippen LogP contribution in [0.3, 0.4) is 0 Å². The van der Waals surface area contributed by atoms with Gasteiger partial charge in [0, 0.05) is 20.2 Å². The lowest BCUT2D eigenvalue weighted by atomic mass is 9.96. The maximum absolute atomic E-state index is 5.56. The van der Waals surface area contributed by atoms with Gasteiger partial charge >= 0.3 is 0 Å². The zero-order valence-electron chi connectivity index (χ0n) is 10.8. The first-order valence-corrected chi connectivity index (χ1v) is 7.23. The molecule has 1 fully saturated rings. The van der Waals surface area contributed by atoms with Gasteiger partial charge in [-0.2, -0.15) is 0 Å². The molecular formula is C14H18N2OS. The Bertz CT molecular complexity index is 506. The molecule has 0 aliphatic carbocycles. The van der Waals surface area contributed by atoms with Gasteiger partial charge in [-0.1, -0.05) is 30.4 Å². The zero-order valence-corrected chi connectivity index (χ0v) is 11.6. The van der Waals surface area contributed by atoms with Crippen LogP contribution in [0.5, 0.6) is 0 Å². The van der Waals surface area contributed by atoms with E-state index in [4.69, 9.17) is 9.72 Å². The van der Waals surface area contributed by atoms with Gasteiger partial charge in [0.25, 0.3) is 0 Å². The fourth-order valence-corrected chi connectivity index (χ4v) is 3.51. The normalized spacial score (nSPS) is 24.7. The van der Waals surface area contributed by atoms with Gasteiger partial charge in [-0.25, -0.2) is 4.98 Å². The van der Waals surface area contributed by atoms with Crippen molar-refractivity contribution < 1.29 is 4.74 Å². The molecule has 0 amide bonds. The quantitative estimate of drug-likeness (QED) is 0.831. The number of methoxy groups -OCH3 is 1. The molecule has 3 rings (SSSR count). The molecule has 2 atom stereocenters. The molecule has 2 heterocycles. The van der Waals surface area contributed by atoms with Gasteiger partial charge in [-0.05, 0) is 24.5 Å². The second kappa shape index (κ2) is 4.86. The number of fused-ring (bicyclic) bond motifs is 1. The molecule has 1 aliphatic rings. The fourth-order valence-electron chi connectivity index (χ4n) is 2.51. The van der Waals surface area contributed by atoms with Gasteiger partial charge < -0.3 is 9.64 Å². The largest absolute Gasteiger partial charge is 0.379 e. The minimum absolute atomic E-state index is 0.325. The molecule has 4 heteroatoms. The summed E-state index contributed by atoms with van der Waals surface area (Å²) in [7, 11) is 1.81. The molecular weight excluding hydrogens is 244 g/mol. The Hall–Kier alpha value is -1.13. The first kappa shape index (κ1) is 11.9. The van der Waals surface area contributed by atoms with Crippen molar-refractivity contribution in [3.05, 3.63) is 24.3 Å². The predicted molar refractivity (Wildman–Crippen MR) is 76.4 cm³/mol. The number of piperidine rings is 1. The Morgan fingerprint density at radius 3 is 3.00 bits per heavy atom. The number of rotatable bonds is 2. The molecule has 0 saturated carbocycles. The highest BCUT2D eigenvalue weighted by molar-refractivity contribution is 7.22. The van der Waals surface area contributed by atoms with Crippen LogP contribution in [0.15, 0.2) is 24.3 Å². The molecule has 18 heavy (non-hydrogen) atoms. The first-order valence-electron chi connectivity index (χ1n) is 6.41. The van der Waals surface area contributed by atoms with Crippen molar-refractivity contribution in [2.75, 3.05) is 25.1 Å². The number of para-hydroxylation sites is 1. The summed E-state index contributed by atoms with van der Waals surface area (Å²) in [5, 5.41) is 1.13. The van der Waals surface area contributed by atoms with Crippen molar-refractivity contribution in [1.29, 1.82) is 0 Å². The van der Waals surface area contributed by atoms with Gasteiger partial charge in [0.15, 0.2) is 5.13 Å². The summed E-state index contributed by atoms with van der Waals surface area (Å²) >= 11 is 1.78. The minimum atomic E-state index is 0.325. The maximum Gasteiger partial charge on any atom is 0.186 e. The van der Waals surface area contributed by atoms with Gasteiger partial charge in [0.05, 0.1) is 16.3 Å². The standard InChI is InChI=1S/C14H18N2OS/c1-10-7-8-16(9-12(10)17-2)14-15-11-5-3-4-6-13(11)18-14/h3-6,10,12H,7-9H2,1-2H3. The summed E-state index contributed by atoms with van der Waals surface area (Å²) in [5.74, 6) is 0.639. The van der Waals surface area contributed by atoms with Crippen molar-refractivity contribution in [2.24, 2.45) is 5.92 Å². The van der Waals surface area contributed by atoms with Crippen molar-refractivity contribution in [3.63, 3.8) is 0 Å². The maximum atomic E-state index is 5.56. The first-order chi connectivity index (χ1) is 8.78. The Morgan fingerprint density at radius 1 is 1.39 bits per heavy atom. The molecule has 1 aromatic carbocycles. The summed E-state index contributed by atoms with van der Waals surface area (Å²) in [5.41, 5.74) is 1.10. The third kappa shape index (κ3) is 2.10. The summed E-state index contributed by atoms with van der Waals surface area (Å²) in [4.78, 5) is 7.08. The van der Waals surface area contributed by atoms with Crippen LogP contribution in [0.25, 0.3) is 10.2 Å². The van der Waals surface area contributed by atoms with Gasteiger partial charge in [-0.15, -0.1) is 0 Å². The highest BCUT2D eigenvalue weighted by Crippen LogP contribution is 2.31. The van der Waals surface area contributed by atoms with E-state index in [2.05, 4.69) is 30.0 Å². The van der Waals surface area contributed by atoms with Gasteiger partial charge in [0.2, 0.25) is 0 Å². The lowest BCUT2D eigenvalue weighted by Crippen LogP contribution is -2.43. The fraction of sp³-hybridized carbons (Fsp3) is 0.500. The Kier molecular flexibility index (Phi) is 3.22. The lowest BCUT2D eigenvalue weighted by Gasteiger charge is -2.35. The predicted octanol–water partition coefficient (Wildman–Crippen LogP) is 3.16. The topological polar surface area (TPSA) is 25.4 Å². The van der Waals surface area contributed by atoms with Crippen LogP contribution in [0, 0.1) is 5.92 Å². The smallest absolute Gasteiger partial charge is 0.186 e. The second-order valence-electron chi connectivity index (χ2n) is 4.95. The molecule has 0 spiro atoms. The summed E-state index contributed by atoms with van der Waals surface area (Å²) in [6.45, 7) is 4.31. The zero-order chi connectivity index (χ0) is 12.5. The number of anilines is 1. The van der Waals surface area contributed by atoms with E-state index in [0.717, 1.165) is 23.7 Å². The van der Waals surface area contributed by atoms with Gasteiger partial charge in [-0.3, -0.25) is 0 Å². The van der Waals surface area contributed by atoms with E-state index in [1.54, 1.807) is 11.3 Å². The van der Waals surface area contributed by atoms with Crippen LogP contribution < -0.4 is 4.90 Å². The second-order valence-corrected chi connectivity index (χ2v) is 5.96. The van der Waals surface area contributed by atoms with Crippen LogP contribution in [0.1, 0.15) is 13.3 Å². The highest BCUT2D eigenvalue weighted by atomic mass is 32.1. The molecule has 3 nitrogen and oxygen atoms in total. The van der Waals surface area contributed by atoms with Crippen LogP contribution in [-0.2, 0) is 4.74 Å². The van der Waals surface area contributed by atoms with E-state index < -0.39 is 0 Å². The third-order valence-electron chi connectivity index (χ3n) is 3.75. The minimum Gasteiger partial charge on any atom is -0.379 e.